The molecule has 3 rings (SSSR count). The fraction of sp³-hybridized carbons (Fsp3) is 0.143. The van der Waals surface area contributed by atoms with E-state index in [4.69, 9.17) is 5.73 Å². The number of benzene rings is 1. The molecule has 2 heterocycles. The van der Waals surface area contributed by atoms with Crippen molar-refractivity contribution in [3.63, 3.8) is 0 Å². The molecule has 2 N–H and O–H groups in total. The van der Waals surface area contributed by atoms with Gasteiger partial charge < -0.3 is 5.73 Å². The number of nitrogen functional groups attached to an aromatic ring is 1. The molecule has 0 amide bonds. The Labute approximate surface area is 120 Å². The van der Waals surface area contributed by atoms with Crippen molar-refractivity contribution in [3.05, 3.63) is 41.7 Å². The molecule has 0 fully saturated rings. The Hall–Kier alpha value is -2.21. The zero-order valence-electron chi connectivity index (χ0n) is 11.2. The third-order valence-corrected chi connectivity index (χ3v) is 3.57. The van der Waals surface area contributed by atoms with Crippen molar-refractivity contribution >= 4 is 28.6 Å². The van der Waals surface area contributed by atoms with Gasteiger partial charge in [-0.3, -0.25) is 0 Å². The van der Waals surface area contributed by atoms with Crippen LogP contribution in [0.5, 0.6) is 0 Å². The lowest BCUT2D eigenvalue weighted by Crippen LogP contribution is -1.99. The van der Waals surface area contributed by atoms with E-state index in [1.807, 2.05) is 44.2 Å². The number of nitrogens with zero attached hydrogens (tertiary/aromatic N) is 4. The highest BCUT2D eigenvalue weighted by atomic mass is 32.2. The molecule has 2 aromatic heterocycles. The van der Waals surface area contributed by atoms with Gasteiger partial charge in [-0.2, -0.15) is 0 Å². The molecule has 0 aliphatic heterocycles. The number of aryl methyl sites for hydroxylation is 2. The number of aromatic nitrogens is 4. The maximum atomic E-state index is 5.96. The Balaban J connectivity index is 2.03. The number of fused-ring (bicyclic) bond motifs is 1. The van der Waals surface area contributed by atoms with Crippen LogP contribution in [0, 0.1) is 13.8 Å². The second-order valence-corrected chi connectivity index (χ2v) is 5.39. The van der Waals surface area contributed by atoms with Gasteiger partial charge in [0.1, 0.15) is 5.03 Å². The van der Waals surface area contributed by atoms with E-state index in [-0.39, 0.29) is 0 Å². The van der Waals surface area contributed by atoms with E-state index in [0.29, 0.717) is 16.0 Å². The van der Waals surface area contributed by atoms with Gasteiger partial charge >= 0.3 is 0 Å². The van der Waals surface area contributed by atoms with E-state index in [2.05, 4.69) is 19.9 Å². The van der Waals surface area contributed by atoms with E-state index < -0.39 is 0 Å². The van der Waals surface area contributed by atoms with E-state index >= 15 is 0 Å². The van der Waals surface area contributed by atoms with Gasteiger partial charge in [0.15, 0.2) is 11.0 Å². The fourth-order valence-corrected chi connectivity index (χ4v) is 2.74. The molecule has 1 aromatic carbocycles. The summed E-state index contributed by atoms with van der Waals surface area (Å²) in [4.78, 5) is 17.6. The average Bonchev–Trinajstić information content (AvgIpc) is 2.38. The minimum atomic E-state index is 0.399. The minimum absolute atomic E-state index is 0.399. The van der Waals surface area contributed by atoms with Crippen molar-refractivity contribution in [3.8, 4) is 0 Å². The molecule has 0 aliphatic rings. The fourth-order valence-electron chi connectivity index (χ4n) is 1.90. The van der Waals surface area contributed by atoms with Crippen LogP contribution >= 0.6 is 11.8 Å². The minimum Gasteiger partial charge on any atom is -0.381 e. The number of rotatable bonds is 2. The molecule has 0 atom stereocenters. The lowest BCUT2D eigenvalue weighted by Gasteiger charge is -2.06. The summed E-state index contributed by atoms with van der Waals surface area (Å²) >= 11 is 1.34. The van der Waals surface area contributed by atoms with Crippen LogP contribution in [0.1, 0.15) is 11.4 Å². The molecular formula is C14H13N5S. The third kappa shape index (κ3) is 2.55. The molecule has 0 spiro atoms. The first kappa shape index (κ1) is 12.8. The lowest BCUT2D eigenvalue weighted by molar-refractivity contribution is 0.899. The first-order chi connectivity index (χ1) is 9.61. The Morgan fingerprint density at radius 2 is 1.50 bits per heavy atom. The summed E-state index contributed by atoms with van der Waals surface area (Å²) in [5.41, 5.74) is 9.41. The third-order valence-electron chi connectivity index (χ3n) is 2.71. The van der Waals surface area contributed by atoms with Crippen molar-refractivity contribution < 1.29 is 0 Å². The number of para-hydroxylation sites is 2. The van der Waals surface area contributed by atoms with Crippen LogP contribution in [0.25, 0.3) is 11.0 Å². The summed E-state index contributed by atoms with van der Waals surface area (Å²) in [6.45, 7) is 3.88. The average molecular weight is 283 g/mol. The first-order valence-corrected chi connectivity index (χ1v) is 6.96. The van der Waals surface area contributed by atoms with E-state index in [1.165, 1.54) is 11.8 Å². The molecule has 0 aliphatic carbocycles. The SMILES string of the molecule is Cc1cc(C)nc(Sc2nc3ccccc3nc2N)n1. The molecule has 20 heavy (non-hydrogen) atoms. The highest BCUT2D eigenvalue weighted by Gasteiger charge is 2.10. The van der Waals surface area contributed by atoms with Gasteiger partial charge in [-0.25, -0.2) is 19.9 Å². The van der Waals surface area contributed by atoms with Gasteiger partial charge in [-0.15, -0.1) is 0 Å². The van der Waals surface area contributed by atoms with Crippen molar-refractivity contribution in [1.82, 2.24) is 19.9 Å². The number of hydrogen-bond acceptors (Lipinski definition) is 6. The maximum absolute atomic E-state index is 5.96. The summed E-state index contributed by atoms with van der Waals surface area (Å²) in [6, 6.07) is 9.57. The molecule has 0 saturated carbocycles. The highest BCUT2D eigenvalue weighted by molar-refractivity contribution is 7.99. The highest BCUT2D eigenvalue weighted by Crippen LogP contribution is 2.28. The second-order valence-electron chi connectivity index (χ2n) is 4.44. The van der Waals surface area contributed by atoms with Crippen LogP contribution in [0.4, 0.5) is 5.82 Å². The van der Waals surface area contributed by atoms with Crippen LogP contribution in [-0.2, 0) is 0 Å². The topological polar surface area (TPSA) is 77.6 Å². The monoisotopic (exact) mass is 283 g/mol. The molecule has 3 aromatic rings. The molecule has 0 radical (unpaired) electrons. The Kier molecular flexibility index (Phi) is 3.23. The summed E-state index contributed by atoms with van der Waals surface area (Å²) in [5, 5.41) is 1.27. The zero-order valence-corrected chi connectivity index (χ0v) is 12.0. The van der Waals surface area contributed by atoms with Gasteiger partial charge in [0.25, 0.3) is 0 Å². The standard InChI is InChI=1S/C14H13N5S/c1-8-7-9(2)17-14(16-8)20-13-12(15)18-10-5-3-4-6-11(10)19-13/h3-7H,1-2H3,(H2,15,18). The molecular weight excluding hydrogens is 270 g/mol. The molecule has 0 unspecified atom stereocenters. The molecule has 6 heteroatoms. The zero-order chi connectivity index (χ0) is 14.1. The Bertz CT molecular complexity index is 767. The van der Waals surface area contributed by atoms with E-state index in [1.54, 1.807) is 0 Å². The van der Waals surface area contributed by atoms with Gasteiger partial charge in [0.05, 0.1) is 11.0 Å². The second kappa shape index (κ2) is 5.05. The largest absolute Gasteiger partial charge is 0.381 e. The van der Waals surface area contributed by atoms with Crippen LogP contribution in [0.2, 0.25) is 0 Å². The van der Waals surface area contributed by atoms with Crippen LogP contribution in [-0.4, -0.2) is 19.9 Å². The summed E-state index contributed by atoms with van der Waals surface area (Å²) in [6.07, 6.45) is 0. The molecule has 0 bridgehead atoms. The van der Waals surface area contributed by atoms with E-state index in [9.17, 15) is 0 Å². The Morgan fingerprint density at radius 3 is 2.15 bits per heavy atom. The van der Waals surface area contributed by atoms with Crippen molar-refractivity contribution in [2.45, 2.75) is 24.0 Å². The van der Waals surface area contributed by atoms with Crippen LogP contribution in [0.15, 0.2) is 40.5 Å². The summed E-state index contributed by atoms with van der Waals surface area (Å²) in [7, 11) is 0. The van der Waals surface area contributed by atoms with Crippen LogP contribution < -0.4 is 5.73 Å². The van der Waals surface area contributed by atoms with Crippen molar-refractivity contribution in [2.75, 3.05) is 5.73 Å². The normalized spacial score (nSPS) is 10.9. The maximum Gasteiger partial charge on any atom is 0.194 e. The Morgan fingerprint density at radius 1 is 0.900 bits per heavy atom. The lowest BCUT2D eigenvalue weighted by atomic mass is 10.3. The first-order valence-electron chi connectivity index (χ1n) is 6.14. The summed E-state index contributed by atoms with van der Waals surface area (Å²) < 4.78 is 0. The van der Waals surface area contributed by atoms with Gasteiger partial charge in [-0.1, -0.05) is 12.1 Å². The van der Waals surface area contributed by atoms with Gasteiger partial charge in [-0.05, 0) is 43.8 Å². The van der Waals surface area contributed by atoms with Crippen molar-refractivity contribution in [1.29, 1.82) is 0 Å². The van der Waals surface area contributed by atoms with E-state index in [0.717, 1.165) is 22.4 Å². The molecule has 5 nitrogen and oxygen atoms in total. The van der Waals surface area contributed by atoms with Crippen molar-refractivity contribution in [2.24, 2.45) is 0 Å². The number of anilines is 1. The summed E-state index contributed by atoms with van der Waals surface area (Å²) in [5.74, 6) is 0.399. The number of nitrogens with two attached hydrogens (primary N) is 1. The molecule has 0 saturated heterocycles. The van der Waals surface area contributed by atoms with Gasteiger partial charge in [0.2, 0.25) is 0 Å². The number of hydrogen-bond donors (Lipinski definition) is 1. The van der Waals surface area contributed by atoms with Crippen LogP contribution in [0.3, 0.4) is 0 Å². The predicted molar refractivity (Wildman–Crippen MR) is 79.6 cm³/mol. The quantitative estimate of drug-likeness (QED) is 0.729. The molecule has 100 valence electrons. The predicted octanol–water partition coefficient (Wildman–Crippen LogP) is 2.77. The smallest absolute Gasteiger partial charge is 0.194 e. The van der Waals surface area contributed by atoms with Gasteiger partial charge in [0, 0.05) is 11.4 Å².